The molecule has 6 nitrogen and oxygen atoms in total. The molecule has 0 saturated carbocycles. The summed E-state index contributed by atoms with van der Waals surface area (Å²) in [6.07, 6.45) is 1.35. The number of hydrogen-bond acceptors (Lipinski definition) is 4. The molecule has 6 heteroatoms. The van der Waals surface area contributed by atoms with Gasteiger partial charge in [0.05, 0.1) is 5.69 Å². The fourth-order valence-electron chi connectivity index (χ4n) is 1.30. The van der Waals surface area contributed by atoms with E-state index in [2.05, 4.69) is 20.3 Å². The summed E-state index contributed by atoms with van der Waals surface area (Å²) in [6, 6.07) is 5.93. The standard InChI is InChI=1S/C11H11N3O3/c1-7-2-3-9(15)8(6-7)12-11(16)13-10-4-5-17-14-10/h2-6,15H,1H3,(H2,12,13,14,16). The van der Waals surface area contributed by atoms with E-state index in [1.165, 1.54) is 18.4 Å². The molecule has 0 aliphatic rings. The molecule has 2 rings (SSSR count). The number of nitrogens with one attached hydrogen (secondary N) is 2. The van der Waals surface area contributed by atoms with Crippen molar-refractivity contribution in [1.29, 1.82) is 0 Å². The maximum atomic E-state index is 11.5. The van der Waals surface area contributed by atoms with Gasteiger partial charge in [0.2, 0.25) is 0 Å². The molecule has 1 heterocycles. The normalized spacial score (nSPS) is 9.94. The second kappa shape index (κ2) is 4.56. The van der Waals surface area contributed by atoms with Crippen molar-refractivity contribution in [3.8, 4) is 5.75 Å². The molecule has 0 aliphatic carbocycles. The Hall–Kier alpha value is -2.50. The number of aromatic hydroxyl groups is 1. The number of amides is 2. The van der Waals surface area contributed by atoms with Gasteiger partial charge in [-0.25, -0.2) is 4.79 Å². The average Bonchev–Trinajstić information content (AvgIpc) is 2.76. The first-order valence-electron chi connectivity index (χ1n) is 4.93. The van der Waals surface area contributed by atoms with Crippen molar-refractivity contribution in [3.05, 3.63) is 36.1 Å². The zero-order chi connectivity index (χ0) is 12.3. The number of rotatable bonds is 2. The summed E-state index contributed by atoms with van der Waals surface area (Å²) in [5.41, 5.74) is 1.27. The van der Waals surface area contributed by atoms with E-state index in [0.717, 1.165) is 5.56 Å². The fraction of sp³-hybridized carbons (Fsp3) is 0.0909. The molecule has 0 aliphatic heterocycles. The van der Waals surface area contributed by atoms with E-state index < -0.39 is 6.03 Å². The van der Waals surface area contributed by atoms with Gasteiger partial charge in [-0.2, -0.15) is 0 Å². The van der Waals surface area contributed by atoms with Crippen molar-refractivity contribution in [2.45, 2.75) is 6.92 Å². The number of phenolic OH excluding ortho intramolecular Hbond substituents is 1. The largest absolute Gasteiger partial charge is 0.506 e. The molecule has 88 valence electrons. The van der Waals surface area contributed by atoms with Crippen LogP contribution in [-0.4, -0.2) is 16.3 Å². The van der Waals surface area contributed by atoms with Gasteiger partial charge in [0.25, 0.3) is 0 Å². The Morgan fingerprint density at radius 3 is 2.88 bits per heavy atom. The highest BCUT2D eigenvalue weighted by atomic mass is 16.5. The highest BCUT2D eigenvalue weighted by Crippen LogP contribution is 2.23. The van der Waals surface area contributed by atoms with Crippen LogP contribution in [-0.2, 0) is 0 Å². The topological polar surface area (TPSA) is 87.4 Å². The predicted octanol–water partition coefficient (Wildman–Crippen LogP) is 2.33. The van der Waals surface area contributed by atoms with Crippen LogP contribution >= 0.6 is 0 Å². The summed E-state index contributed by atoms with van der Waals surface area (Å²) in [6.45, 7) is 1.86. The molecule has 0 atom stereocenters. The first-order chi connectivity index (χ1) is 8.15. The van der Waals surface area contributed by atoms with Gasteiger partial charge in [0, 0.05) is 6.07 Å². The number of aryl methyl sites for hydroxylation is 1. The maximum absolute atomic E-state index is 11.5. The minimum absolute atomic E-state index is 0.00547. The van der Waals surface area contributed by atoms with Crippen LogP contribution in [0.25, 0.3) is 0 Å². The van der Waals surface area contributed by atoms with E-state index in [4.69, 9.17) is 0 Å². The fourth-order valence-corrected chi connectivity index (χ4v) is 1.30. The Kier molecular flexibility index (Phi) is 2.95. The van der Waals surface area contributed by atoms with Crippen LogP contribution < -0.4 is 10.6 Å². The average molecular weight is 233 g/mol. The van der Waals surface area contributed by atoms with Gasteiger partial charge in [-0.1, -0.05) is 11.2 Å². The SMILES string of the molecule is Cc1ccc(O)c(NC(=O)Nc2ccon2)c1. The lowest BCUT2D eigenvalue weighted by Crippen LogP contribution is -2.19. The summed E-state index contributed by atoms with van der Waals surface area (Å²) in [7, 11) is 0. The third-order valence-electron chi connectivity index (χ3n) is 2.08. The number of carbonyl (C=O) groups is 1. The van der Waals surface area contributed by atoms with E-state index in [0.29, 0.717) is 11.5 Å². The quantitative estimate of drug-likeness (QED) is 0.694. The van der Waals surface area contributed by atoms with Gasteiger partial charge in [0.15, 0.2) is 5.82 Å². The summed E-state index contributed by atoms with van der Waals surface area (Å²) < 4.78 is 4.57. The Labute approximate surface area is 97.2 Å². The monoisotopic (exact) mass is 233 g/mol. The smallest absolute Gasteiger partial charge is 0.325 e. The van der Waals surface area contributed by atoms with Crippen LogP contribution in [0.1, 0.15) is 5.56 Å². The third kappa shape index (κ3) is 2.75. The number of urea groups is 1. The number of phenols is 1. The molecule has 0 unspecified atom stereocenters. The van der Waals surface area contributed by atoms with Gasteiger partial charge < -0.3 is 14.9 Å². The maximum Gasteiger partial charge on any atom is 0.325 e. The Bertz CT molecular complexity index is 523. The summed E-state index contributed by atoms with van der Waals surface area (Å²) in [5.74, 6) is 0.306. The van der Waals surface area contributed by atoms with Crippen molar-refractivity contribution in [2.75, 3.05) is 10.6 Å². The molecular weight excluding hydrogens is 222 g/mol. The van der Waals surface area contributed by atoms with Gasteiger partial charge in [-0.05, 0) is 24.6 Å². The summed E-state index contributed by atoms with van der Waals surface area (Å²) in [4.78, 5) is 11.5. The lowest BCUT2D eigenvalue weighted by Gasteiger charge is -2.07. The number of benzene rings is 1. The van der Waals surface area contributed by atoms with Crippen molar-refractivity contribution in [1.82, 2.24) is 5.16 Å². The van der Waals surface area contributed by atoms with Crippen LogP contribution in [0.15, 0.2) is 35.1 Å². The first kappa shape index (κ1) is 11.0. The lowest BCUT2D eigenvalue weighted by molar-refractivity contribution is 0.261. The van der Waals surface area contributed by atoms with E-state index in [1.807, 2.05) is 6.92 Å². The first-order valence-corrected chi connectivity index (χ1v) is 4.93. The number of aromatic nitrogens is 1. The highest BCUT2D eigenvalue weighted by molar-refractivity contribution is 6.00. The second-order valence-corrected chi connectivity index (χ2v) is 3.48. The zero-order valence-corrected chi connectivity index (χ0v) is 9.10. The molecule has 3 N–H and O–H groups in total. The van der Waals surface area contributed by atoms with Crippen LogP contribution in [0.5, 0.6) is 5.75 Å². The van der Waals surface area contributed by atoms with Crippen molar-refractivity contribution in [3.63, 3.8) is 0 Å². The van der Waals surface area contributed by atoms with Gasteiger partial charge in [-0.15, -0.1) is 0 Å². The number of hydrogen-bond donors (Lipinski definition) is 3. The molecule has 0 radical (unpaired) electrons. The summed E-state index contributed by atoms with van der Waals surface area (Å²) in [5, 5.41) is 18.0. The second-order valence-electron chi connectivity index (χ2n) is 3.48. The van der Waals surface area contributed by atoms with Crippen LogP contribution in [0.3, 0.4) is 0 Å². The molecule has 1 aromatic heterocycles. The van der Waals surface area contributed by atoms with Gasteiger partial charge in [0.1, 0.15) is 12.0 Å². The van der Waals surface area contributed by atoms with Crippen LogP contribution in [0.4, 0.5) is 16.3 Å². The van der Waals surface area contributed by atoms with Crippen LogP contribution in [0, 0.1) is 6.92 Å². The Balaban J connectivity index is 2.05. The van der Waals surface area contributed by atoms with Crippen molar-refractivity contribution in [2.24, 2.45) is 0 Å². The molecule has 17 heavy (non-hydrogen) atoms. The molecule has 0 spiro atoms. The Morgan fingerprint density at radius 1 is 1.35 bits per heavy atom. The van der Waals surface area contributed by atoms with E-state index >= 15 is 0 Å². The van der Waals surface area contributed by atoms with Crippen molar-refractivity contribution < 1.29 is 14.4 Å². The molecule has 0 fully saturated rings. The molecule has 0 bridgehead atoms. The van der Waals surface area contributed by atoms with Crippen molar-refractivity contribution >= 4 is 17.5 Å². The number of carbonyl (C=O) groups excluding carboxylic acids is 1. The van der Waals surface area contributed by atoms with Crippen LogP contribution in [0.2, 0.25) is 0 Å². The van der Waals surface area contributed by atoms with Gasteiger partial charge in [-0.3, -0.25) is 5.32 Å². The highest BCUT2D eigenvalue weighted by Gasteiger charge is 2.07. The molecule has 1 aromatic carbocycles. The van der Waals surface area contributed by atoms with E-state index in [-0.39, 0.29) is 5.75 Å². The van der Waals surface area contributed by atoms with E-state index in [9.17, 15) is 9.90 Å². The molecular formula is C11H11N3O3. The number of anilines is 2. The summed E-state index contributed by atoms with van der Waals surface area (Å²) >= 11 is 0. The lowest BCUT2D eigenvalue weighted by atomic mass is 10.2. The minimum atomic E-state index is -0.500. The number of nitrogens with zero attached hydrogens (tertiary/aromatic N) is 1. The third-order valence-corrected chi connectivity index (χ3v) is 2.08. The molecule has 2 aromatic rings. The molecule has 0 saturated heterocycles. The Morgan fingerprint density at radius 2 is 2.18 bits per heavy atom. The predicted molar refractivity (Wildman–Crippen MR) is 62.0 cm³/mol. The zero-order valence-electron chi connectivity index (χ0n) is 9.10. The van der Waals surface area contributed by atoms with E-state index in [1.54, 1.807) is 12.1 Å². The van der Waals surface area contributed by atoms with Gasteiger partial charge >= 0.3 is 6.03 Å². The minimum Gasteiger partial charge on any atom is -0.506 e. The molecule has 2 amide bonds.